The van der Waals surface area contributed by atoms with Crippen molar-refractivity contribution in [1.82, 2.24) is 0 Å². The van der Waals surface area contributed by atoms with E-state index in [0.717, 1.165) is 37.7 Å². The molecule has 1 amide bonds. The first-order chi connectivity index (χ1) is 15.0. The van der Waals surface area contributed by atoms with Crippen LogP contribution in [0.2, 0.25) is 5.02 Å². The van der Waals surface area contributed by atoms with E-state index in [4.69, 9.17) is 11.6 Å². The van der Waals surface area contributed by atoms with Gasteiger partial charge in [0.2, 0.25) is 5.78 Å². The number of halogens is 1. The van der Waals surface area contributed by atoms with Gasteiger partial charge in [0, 0.05) is 17.1 Å². The second-order valence-electron chi connectivity index (χ2n) is 8.51. The fraction of sp³-hybridized carbons (Fsp3) is 0.400. The van der Waals surface area contributed by atoms with Gasteiger partial charge in [0.25, 0.3) is 5.91 Å². The molecule has 1 aliphatic carbocycles. The number of anilines is 1. The van der Waals surface area contributed by atoms with E-state index in [0.29, 0.717) is 17.1 Å². The average Bonchev–Trinajstić information content (AvgIpc) is 3.05. The van der Waals surface area contributed by atoms with E-state index in [9.17, 15) is 19.5 Å². The molecule has 2 unspecified atom stereocenters. The summed E-state index contributed by atoms with van der Waals surface area (Å²) >= 11 is 6.02. The van der Waals surface area contributed by atoms with Crippen molar-refractivity contribution in [2.45, 2.75) is 51.0 Å². The van der Waals surface area contributed by atoms with Crippen molar-refractivity contribution in [3.63, 3.8) is 0 Å². The predicted molar refractivity (Wildman–Crippen MR) is 119 cm³/mol. The van der Waals surface area contributed by atoms with Gasteiger partial charge < -0.3 is 10.0 Å². The Kier molecular flexibility index (Phi) is 6.42. The Bertz CT molecular complexity index is 964. The van der Waals surface area contributed by atoms with Crippen LogP contribution in [0.4, 0.5) is 5.69 Å². The summed E-state index contributed by atoms with van der Waals surface area (Å²) in [5.41, 5.74) is 1.53. The zero-order chi connectivity index (χ0) is 22.0. The number of ketones is 2. The van der Waals surface area contributed by atoms with Crippen LogP contribution < -0.4 is 4.90 Å². The van der Waals surface area contributed by atoms with Gasteiger partial charge in [0.15, 0.2) is 0 Å². The second-order valence-corrected chi connectivity index (χ2v) is 8.95. The number of carbonyl (C=O) groups is 3. The summed E-state index contributed by atoms with van der Waals surface area (Å²) in [5.74, 6) is -2.01. The van der Waals surface area contributed by atoms with Crippen LogP contribution in [0.25, 0.3) is 0 Å². The van der Waals surface area contributed by atoms with Gasteiger partial charge in [-0.1, -0.05) is 43.0 Å². The summed E-state index contributed by atoms with van der Waals surface area (Å²) in [6, 6.07) is 13.1. The van der Waals surface area contributed by atoms with Crippen molar-refractivity contribution in [1.29, 1.82) is 0 Å². The van der Waals surface area contributed by atoms with E-state index >= 15 is 0 Å². The molecule has 2 aliphatic rings. The van der Waals surface area contributed by atoms with Crippen LogP contribution in [0.15, 0.2) is 48.5 Å². The maximum absolute atomic E-state index is 13.3. The highest BCUT2D eigenvalue weighted by Crippen LogP contribution is 2.40. The molecular formula is C25H26ClNO4. The Hall–Kier alpha value is -2.66. The average molecular weight is 440 g/mol. The molecule has 2 aromatic carbocycles. The van der Waals surface area contributed by atoms with E-state index in [1.165, 1.54) is 0 Å². The summed E-state index contributed by atoms with van der Waals surface area (Å²) in [4.78, 5) is 40.9. The third-order valence-corrected chi connectivity index (χ3v) is 6.78. The third-order valence-electron chi connectivity index (χ3n) is 6.53. The topological polar surface area (TPSA) is 74.7 Å². The van der Waals surface area contributed by atoms with Gasteiger partial charge in [-0.15, -0.1) is 0 Å². The zero-order valence-corrected chi connectivity index (χ0v) is 18.1. The lowest BCUT2D eigenvalue weighted by molar-refractivity contribution is -0.139. The molecule has 1 N–H and O–H groups in total. The minimum atomic E-state index is -0.927. The highest BCUT2D eigenvalue weighted by atomic mass is 35.5. The van der Waals surface area contributed by atoms with E-state index in [1.807, 2.05) is 0 Å². The van der Waals surface area contributed by atoms with Gasteiger partial charge in [0.1, 0.15) is 17.5 Å². The molecule has 1 saturated heterocycles. The predicted octanol–water partition coefficient (Wildman–Crippen LogP) is 4.73. The molecule has 0 radical (unpaired) electrons. The molecule has 2 aromatic rings. The van der Waals surface area contributed by atoms with Crippen LogP contribution >= 0.6 is 11.6 Å². The minimum absolute atomic E-state index is 0.127. The van der Waals surface area contributed by atoms with Crippen LogP contribution in [0.1, 0.15) is 44.1 Å². The molecule has 1 heterocycles. The second kappa shape index (κ2) is 9.23. The lowest BCUT2D eigenvalue weighted by Gasteiger charge is -2.35. The largest absolute Gasteiger partial charge is 0.508 e. The van der Waals surface area contributed by atoms with E-state index < -0.39 is 23.7 Å². The van der Waals surface area contributed by atoms with E-state index in [-0.39, 0.29) is 23.9 Å². The maximum atomic E-state index is 13.3. The lowest BCUT2D eigenvalue weighted by Crippen LogP contribution is -2.44. The summed E-state index contributed by atoms with van der Waals surface area (Å²) in [6.07, 6.45) is 5.72. The Morgan fingerprint density at radius 3 is 2.26 bits per heavy atom. The highest BCUT2D eigenvalue weighted by molar-refractivity contribution is 6.48. The van der Waals surface area contributed by atoms with Gasteiger partial charge in [-0.05, 0) is 67.1 Å². The summed E-state index contributed by atoms with van der Waals surface area (Å²) in [6.45, 7) is 0. The number of hydrogen-bond acceptors (Lipinski definition) is 4. The first-order valence-electron chi connectivity index (χ1n) is 10.9. The first-order valence-corrected chi connectivity index (χ1v) is 11.3. The molecular weight excluding hydrogens is 414 g/mol. The van der Waals surface area contributed by atoms with Gasteiger partial charge in [0.05, 0.1) is 6.04 Å². The third kappa shape index (κ3) is 4.52. The van der Waals surface area contributed by atoms with E-state index in [1.54, 1.807) is 53.4 Å². The number of carbonyl (C=O) groups excluding carboxylic acids is 3. The van der Waals surface area contributed by atoms with Crippen LogP contribution in [0.3, 0.4) is 0 Å². The zero-order valence-electron chi connectivity index (χ0n) is 17.3. The number of hydrogen-bond donors (Lipinski definition) is 1. The fourth-order valence-corrected chi connectivity index (χ4v) is 5.09. The Morgan fingerprint density at radius 1 is 0.968 bits per heavy atom. The number of aromatic hydroxyl groups is 1. The Labute approximate surface area is 187 Å². The van der Waals surface area contributed by atoms with Crippen molar-refractivity contribution >= 4 is 34.8 Å². The van der Waals surface area contributed by atoms with Crippen LogP contribution in [0.5, 0.6) is 5.75 Å². The standard InChI is InChI=1S/C25H26ClNO4/c26-18-9-11-19(12-10-18)27-23(17-4-2-1-3-5-17)22(24(30)25(27)31)21(29)15-8-16-6-13-20(28)14-7-16/h6-7,9-14,17,22-23,28H,1-5,8,15H2. The molecule has 6 heteroatoms. The molecule has 5 nitrogen and oxygen atoms in total. The maximum Gasteiger partial charge on any atom is 0.295 e. The van der Waals surface area contributed by atoms with Crippen molar-refractivity contribution in [3.8, 4) is 5.75 Å². The Balaban J connectivity index is 1.61. The smallest absolute Gasteiger partial charge is 0.295 e. The SMILES string of the molecule is O=C(CCc1ccc(O)cc1)C1C(=O)C(=O)N(c2ccc(Cl)cc2)C1C1CCCCC1. The van der Waals surface area contributed by atoms with Crippen LogP contribution in [-0.4, -0.2) is 28.6 Å². The molecule has 162 valence electrons. The molecule has 1 saturated carbocycles. The summed E-state index contributed by atoms with van der Waals surface area (Å²) in [5, 5.41) is 9.99. The normalized spacial score (nSPS) is 22.2. The van der Waals surface area contributed by atoms with Crippen molar-refractivity contribution in [2.75, 3.05) is 4.90 Å². The number of phenolic OH excluding ortho intramolecular Hbond substituents is 1. The Morgan fingerprint density at radius 2 is 1.61 bits per heavy atom. The quantitative estimate of drug-likeness (QED) is 0.521. The van der Waals surface area contributed by atoms with E-state index in [2.05, 4.69) is 0 Å². The fourth-order valence-electron chi connectivity index (χ4n) is 4.96. The van der Waals surface area contributed by atoms with Gasteiger partial charge >= 0.3 is 0 Å². The number of rotatable bonds is 6. The van der Waals surface area contributed by atoms with Gasteiger partial charge in [-0.25, -0.2) is 0 Å². The molecule has 0 aromatic heterocycles. The lowest BCUT2D eigenvalue weighted by atomic mass is 9.76. The molecule has 4 rings (SSSR count). The van der Waals surface area contributed by atoms with Crippen molar-refractivity contribution < 1.29 is 19.5 Å². The molecule has 0 spiro atoms. The van der Waals surface area contributed by atoms with Crippen LogP contribution in [0, 0.1) is 11.8 Å². The molecule has 2 fully saturated rings. The summed E-state index contributed by atoms with van der Waals surface area (Å²) in [7, 11) is 0. The number of amides is 1. The highest BCUT2D eigenvalue weighted by Gasteiger charge is 2.53. The van der Waals surface area contributed by atoms with Crippen molar-refractivity contribution in [3.05, 3.63) is 59.1 Å². The number of nitrogens with zero attached hydrogens (tertiary/aromatic N) is 1. The molecule has 2 atom stereocenters. The number of Topliss-reactive ketones (excluding diaryl/α,β-unsaturated/α-hetero) is 2. The number of aryl methyl sites for hydroxylation is 1. The number of benzene rings is 2. The number of phenols is 1. The molecule has 0 bridgehead atoms. The summed E-state index contributed by atoms with van der Waals surface area (Å²) < 4.78 is 0. The monoisotopic (exact) mass is 439 g/mol. The van der Waals surface area contributed by atoms with Gasteiger partial charge in [-0.2, -0.15) is 0 Å². The molecule has 31 heavy (non-hydrogen) atoms. The van der Waals surface area contributed by atoms with Gasteiger partial charge in [-0.3, -0.25) is 14.4 Å². The minimum Gasteiger partial charge on any atom is -0.508 e. The van der Waals surface area contributed by atoms with Crippen LogP contribution in [-0.2, 0) is 20.8 Å². The molecule has 1 aliphatic heterocycles. The first kappa shape index (κ1) is 21.6. The van der Waals surface area contributed by atoms with Crippen molar-refractivity contribution in [2.24, 2.45) is 11.8 Å².